The molecule has 2 aliphatic carbocycles. The number of rotatable bonds is 2. The average molecular weight is 240 g/mol. The molecule has 2 aromatic rings. The number of hydrogen-bond donors (Lipinski definition) is 1. The Morgan fingerprint density at radius 1 is 1.17 bits per heavy atom. The lowest BCUT2D eigenvalue weighted by Gasteiger charge is -2.13. The molecular formula is C16H16O2. The largest absolute Gasteiger partial charge is 0.467 e. The molecule has 0 aliphatic heterocycles. The molecule has 1 aromatic carbocycles. The van der Waals surface area contributed by atoms with Gasteiger partial charge in [0, 0.05) is 5.92 Å². The Balaban J connectivity index is 1.65. The highest BCUT2D eigenvalue weighted by Gasteiger charge is 2.56. The number of aliphatic hydroxyl groups excluding tert-OH is 1. The monoisotopic (exact) mass is 240 g/mol. The molecule has 0 bridgehead atoms. The molecule has 1 heterocycles. The average Bonchev–Trinajstić information content (AvgIpc) is 2.89. The third kappa shape index (κ3) is 1.39. The summed E-state index contributed by atoms with van der Waals surface area (Å²) in [5.74, 6) is 2.24. The molecule has 0 radical (unpaired) electrons. The minimum atomic E-state index is -0.443. The van der Waals surface area contributed by atoms with Gasteiger partial charge in [0.1, 0.15) is 11.9 Å². The van der Waals surface area contributed by atoms with Crippen LogP contribution in [0, 0.1) is 11.8 Å². The van der Waals surface area contributed by atoms with E-state index in [9.17, 15) is 5.11 Å². The fraction of sp³-hybridized carbons (Fsp3) is 0.375. The van der Waals surface area contributed by atoms with Gasteiger partial charge in [-0.3, -0.25) is 0 Å². The van der Waals surface area contributed by atoms with Crippen LogP contribution in [0.5, 0.6) is 0 Å². The minimum Gasteiger partial charge on any atom is -0.467 e. The van der Waals surface area contributed by atoms with Crippen LogP contribution in [0.3, 0.4) is 0 Å². The van der Waals surface area contributed by atoms with Gasteiger partial charge < -0.3 is 9.52 Å². The first-order chi connectivity index (χ1) is 8.86. The van der Waals surface area contributed by atoms with Gasteiger partial charge in [0.25, 0.3) is 0 Å². The molecule has 0 saturated heterocycles. The van der Waals surface area contributed by atoms with Crippen molar-refractivity contribution in [1.29, 1.82) is 0 Å². The summed E-state index contributed by atoms with van der Waals surface area (Å²) in [5, 5.41) is 10.4. The van der Waals surface area contributed by atoms with Crippen LogP contribution in [-0.4, -0.2) is 5.11 Å². The van der Waals surface area contributed by atoms with Gasteiger partial charge in [-0.2, -0.15) is 0 Å². The van der Waals surface area contributed by atoms with E-state index in [4.69, 9.17) is 4.42 Å². The van der Waals surface area contributed by atoms with Gasteiger partial charge in [0.05, 0.1) is 6.26 Å². The second kappa shape index (κ2) is 3.72. The van der Waals surface area contributed by atoms with Crippen LogP contribution in [0.2, 0.25) is 0 Å². The number of benzene rings is 1. The van der Waals surface area contributed by atoms with Gasteiger partial charge in [0.15, 0.2) is 0 Å². The van der Waals surface area contributed by atoms with Crippen LogP contribution in [0.15, 0.2) is 47.1 Å². The van der Waals surface area contributed by atoms with Gasteiger partial charge in [-0.1, -0.05) is 24.3 Å². The van der Waals surface area contributed by atoms with E-state index in [2.05, 4.69) is 24.3 Å². The highest BCUT2D eigenvalue weighted by atomic mass is 16.4. The Hall–Kier alpha value is -1.54. The normalized spacial score (nSPS) is 30.4. The van der Waals surface area contributed by atoms with E-state index in [1.165, 1.54) is 17.5 Å². The Morgan fingerprint density at radius 3 is 2.89 bits per heavy atom. The van der Waals surface area contributed by atoms with E-state index in [0.29, 0.717) is 23.5 Å². The molecule has 2 heteroatoms. The van der Waals surface area contributed by atoms with Gasteiger partial charge in [-0.05, 0) is 47.9 Å². The summed E-state index contributed by atoms with van der Waals surface area (Å²) in [6, 6.07) is 12.4. The Kier molecular flexibility index (Phi) is 2.15. The summed E-state index contributed by atoms with van der Waals surface area (Å²) in [6.45, 7) is 0. The van der Waals surface area contributed by atoms with Crippen molar-refractivity contribution in [3.8, 4) is 0 Å². The van der Waals surface area contributed by atoms with Gasteiger partial charge in [-0.25, -0.2) is 0 Å². The number of furan rings is 1. The highest BCUT2D eigenvalue weighted by Crippen LogP contribution is 2.64. The van der Waals surface area contributed by atoms with Crippen LogP contribution >= 0.6 is 0 Å². The maximum atomic E-state index is 10.4. The van der Waals surface area contributed by atoms with E-state index in [1.807, 2.05) is 12.1 Å². The number of fused-ring (bicyclic) bond motifs is 3. The maximum Gasteiger partial charge on any atom is 0.132 e. The van der Waals surface area contributed by atoms with Crippen molar-refractivity contribution in [1.82, 2.24) is 0 Å². The SMILES string of the molecule is OC(c1ccco1)C1C2CCc3ccccc3C21. The summed E-state index contributed by atoms with van der Waals surface area (Å²) in [6.07, 6.45) is 3.54. The first-order valence-electron chi connectivity index (χ1n) is 6.65. The lowest BCUT2D eigenvalue weighted by molar-refractivity contribution is 0.119. The second-order valence-corrected chi connectivity index (χ2v) is 5.46. The summed E-state index contributed by atoms with van der Waals surface area (Å²) in [7, 11) is 0. The molecule has 92 valence electrons. The van der Waals surface area contributed by atoms with Crippen LogP contribution in [0.1, 0.15) is 35.3 Å². The summed E-state index contributed by atoms with van der Waals surface area (Å²) in [4.78, 5) is 0. The van der Waals surface area contributed by atoms with Crippen LogP contribution < -0.4 is 0 Å². The molecule has 1 fully saturated rings. The molecule has 4 unspecified atom stereocenters. The van der Waals surface area contributed by atoms with Crippen LogP contribution in [0.4, 0.5) is 0 Å². The number of hydrogen-bond acceptors (Lipinski definition) is 2. The number of aryl methyl sites for hydroxylation is 1. The molecular weight excluding hydrogens is 224 g/mol. The lowest BCUT2D eigenvalue weighted by Crippen LogP contribution is -2.00. The van der Waals surface area contributed by atoms with Gasteiger partial charge in [-0.15, -0.1) is 0 Å². The molecule has 2 aliphatic rings. The third-order valence-corrected chi connectivity index (χ3v) is 4.59. The molecule has 0 spiro atoms. The first kappa shape index (κ1) is 10.4. The van der Waals surface area contributed by atoms with Crippen LogP contribution in [-0.2, 0) is 6.42 Å². The van der Waals surface area contributed by atoms with Crippen molar-refractivity contribution in [3.05, 3.63) is 59.5 Å². The molecule has 1 saturated carbocycles. The molecule has 0 amide bonds. The smallest absolute Gasteiger partial charge is 0.132 e. The van der Waals surface area contributed by atoms with Crippen molar-refractivity contribution in [2.75, 3.05) is 0 Å². The maximum absolute atomic E-state index is 10.4. The van der Waals surface area contributed by atoms with Crippen molar-refractivity contribution < 1.29 is 9.52 Å². The summed E-state index contributed by atoms with van der Waals surface area (Å²) < 4.78 is 5.34. The quantitative estimate of drug-likeness (QED) is 0.873. The molecule has 4 atom stereocenters. The second-order valence-electron chi connectivity index (χ2n) is 5.46. The molecule has 18 heavy (non-hydrogen) atoms. The zero-order chi connectivity index (χ0) is 12.1. The highest BCUT2D eigenvalue weighted by molar-refractivity contribution is 5.40. The molecule has 1 N–H and O–H groups in total. The van der Waals surface area contributed by atoms with E-state index in [0.717, 1.165) is 6.42 Å². The topological polar surface area (TPSA) is 33.4 Å². The first-order valence-corrected chi connectivity index (χ1v) is 6.65. The zero-order valence-corrected chi connectivity index (χ0v) is 10.1. The fourth-order valence-corrected chi connectivity index (χ4v) is 3.70. The Bertz CT molecular complexity index is 558. The number of aliphatic hydroxyl groups is 1. The molecule has 1 aromatic heterocycles. The predicted octanol–water partition coefficient (Wildman–Crippen LogP) is 3.29. The Morgan fingerprint density at radius 2 is 2.06 bits per heavy atom. The van der Waals surface area contributed by atoms with Crippen molar-refractivity contribution >= 4 is 0 Å². The van der Waals surface area contributed by atoms with Gasteiger partial charge >= 0.3 is 0 Å². The lowest BCUT2D eigenvalue weighted by atomic mass is 9.92. The Labute approximate surface area is 106 Å². The van der Waals surface area contributed by atoms with E-state index < -0.39 is 6.10 Å². The third-order valence-electron chi connectivity index (χ3n) is 4.59. The van der Waals surface area contributed by atoms with Crippen LogP contribution in [0.25, 0.3) is 0 Å². The molecule has 2 nitrogen and oxygen atoms in total. The zero-order valence-electron chi connectivity index (χ0n) is 10.1. The fourth-order valence-electron chi connectivity index (χ4n) is 3.70. The van der Waals surface area contributed by atoms with Crippen molar-refractivity contribution in [2.45, 2.75) is 24.9 Å². The van der Waals surface area contributed by atoms with Gasteiger partial charge in [0.2, 0.25) is 0 Å². The van der Waals surface area contributed by atoms with E-state index in [-0.39, 0.29) is 0 Å². The van der Waals surface area contributed by atoms with Crippen molar-refractivity contribution in [3.63, 3.8) is 0 Å². The summed E-state index contributed by atoms with van der Waals surface area (Å²) in [5.41, 5.74) is 2.91. The minimum absolute atomic E-state index is 0.347. The van der Waals surface area contributed by atoms with E-state index >= 15 is 0 Å². The molecule has 4 rings (SSSR count). The summed E-state index contributed by atoms with van der Waals surface area (Å²) >= 11 is 0. The van der Waals surface area contributed by atoms with E-state index in [1.54, 1.807) is 6.26 Å². The standard InChI is InChI=1S/C16H16O2/c17-16(13-6-3-9-18-13)15-12-8-7-10-4-1-2-5-11(10)14(12)15/h1-6,9,12,14-17H,7-8H2. The predicted molar refractivity (Wildman–Crippen MR) is 68.2 cm³/mol. The van der Waals surface area contributed by atoms with Crippen molar-refractivity contribution in [2.24, 2.45) is 11.8 Å².